The van der Waals surface area contributed by atoms with Crippen LogP contribution in [0.4, 0.5) is 15.9 Å². The van der Waals surface area contributed by atoms with Crippen molar-refractivity contribution in [1.82, 2.24) is 9.97 Å². The van der Waals surface area contributed by atoms with Crippen LogP contribution in [0.5, 0.6) is 0 Å². The standard InChI is InChI=1S/C17H21FN4/c1-4-14-16(18)17(20-11-19-14)22-10-13-7-5-6-8-15(13)21(3)9-12(22)2/h5-8,11-12H,4,9-10H2,1-3H3. The molecule has 4 nitrogen and oxygen atoms in total. The fourth-order valence-corrected chi connectivity index (χ4v) is 3.08. The maximum atomic E-state index is 14.7. The Labute approximate surface area is 130 Å². The summed E-state index contributed by atoms with van der Waals surface area (Å²) in [5, 5.41) is 0. The van der Waals surface area contributed by atoms with Crippen molar-refractivity contribution in [2.45, 2.75) is 32.9 Å². The number of fused-ring (bicyclic) bond motifs is 1. The quantitative estimate of drug-likeness (QED) is 0.853. The monoisotopic (exact) mass is 300 g/mol. The van der Waals surface area contributed by atoms with E-state index in [2.05, 4.69) is 41.0 Å². The Morgan fingerprint density at radius 3 is 2.82 bits per heavy atom. The highest BCUT2D eigenvalue weighted by atomic mass is 19.1. The van der Waals surface area contributed by atoms with Crippen molar-refractivity contribution in [3.05, 3.63) is 47.7 Å². The first-order chi connectivity index (χ1) is 10.6. The third-order valence-corrected chi connectivity index (χ3v) is 4.26. The Morgan fingerprint density at radius 1 is 1.27 bits per heavy atom. The molecule has 0 fully saturated rings. The highest BCUT2D eigenvalue weighted by molar-refractivity contribution is 5.57. The summed E-state index contributed by atoms with van der Waals surface area (Å²) in [5.41, 5.74) is 2.86. The zero-order valence-electron chi connectivity index (χ0n) is 13.3. The fraction of sp³-hybridized carbons (Fsp3) is 0.412. The molecule has 3 rings (SSSR count). The van der Waals surface area contributed by atoms with Gasteiger partial charge in [0, 0.05) is 31.9 Å². The van der Waals surface area contributed by atoms with Crippen molar-refractivity contribution in [2.24, 2.45) is 0 Å². The molecular weight excluding hydrogens is 279 g/mol. The number of benzene rings is 1. The van der Waals surface area contributed by atoms with Gasteiger partial charge in [0.05, 0.1) is 5.69 Å². The number of rotatable bonds is 2. The zero-order chi connectivity index (χ0) is 15.7. The van der Waals surface area contributed by atoms with Crippen LogP contribution in [0.15, 0.2) is 30.6 Å². The van der Waals surface area contributed by atoms with Crippen molar-refractivity contribution in [3.8, 4) is 0 Å². The SMILES string of the molecule is CCc1ncnc(N2Cc3ccccc3N(C)CC2C)c1F. The predicted molar refractivity (Wildman–Crippen MR) is 86.7 cm³/mol. The van der Waals surface area contributed by atoms with Gasteiger partial charge in [-0.3, -0.25) is 0 Å². The van der Waals surface area contributed by atoms with Crippen LogP contribution in [0.25, 0.3) is 0 Å². The summed E-state index contributed by atoms with van der Waals surface area (Å²) in [6, 6.07) is 8.42. The smallest absolute Gasteiger partial charge is 0.187 e. The van der Waals surface area contributed by atoms with Crippen molar-refractivity contribution in [3.63, 3.8) is 0 Å². The number of nitrogens with zero attached hydrogens (tertiary/aromatic N) is 4. The molecule has 1 unspecified atom stereocenters. The van der Waals surface area contributed by atoms with Gasteiger partial charge in [-0.25, -0.2) is 14.4 Å². The molecule has 1 atom stereocenters. The zero-order valence-corrected chi connectivity index (χ0v) is 13.3. The highest BCUT2D eigenvalue weighted by Gasteiger charge is 2.27. The van der Waals surface area contributed by atoms with Crippen LogP contribution in [0.3, 0.4) is 0 Å². The van der Waals surface area contributed by atoms with E-state index in [0.29, 0.717) is 24.5 Å². The summed E-state index contributed by atoms with van der Waals surface area (Å²) >= 11 is 0. The van der Waals surface area contributed by atoms with Crippen molar-refractivity contribution < 1.29 is 4.39 Å². The van der Waals surface area contributed by atoms with Crippen LogP contribution in [0, 0.1) is 5.82 Å². The summed E-state index contributed by atoms with van der Waals surface area (Å²) in [7, 11) is 2.08. The van der Waals surface area contributed by atoms with Gasteiger partial charge in [-0.05, 0) is 25.0 Å². The van der Waals surface area contributed by atoms with Gasteiger partial charge in [0.15, 0.2) is 11.6 Å². The Morgan fingerprint density at radius 2 is 2.05 bits per heavy atom. The molecule has 22 heavy (non-hydrogen) atoms. The fourth-order valence-electron chi connectivity index (χ4n) is 3.08. The van der Waals surface area contributed by atoms with E-state index in [1.165, 1.54) is 17.6 Å². The topological polar surface area (TPSA) is 32.3 Å². The summed E-state index contributed by atoms with van der Waals surface area (Å²) in [6.07, 6.45) is 2.03. The van der Waals surface area contributed by atoms with E-state index in [4.69, 9.17) is 0 Å². The first-order valence-corrected chi connectivity index (χ1v) is 7.66. The van der Waals surface area contributed by atoms with E-state index in [-0.39, 0.29) is 11.9 Å². The Hall–Kier alpha value is -2.17. The normalized spacial score (nSPS) is 18.1. The summed E-state index contributed by atoms with van der Waals surface area (Å²) < 4.78 is 14.7. The molecule has 5 heteroatoms. The van der Waals surface area contributed by atoms with Gasteiger partial charge >= 0.3 is 0 Å². The lowest BCUT2D eigenvalue weighted by molar-refractivity contribution is 0.560. The molecule has 0 aliphatic carbocycles. The van der Waals surface area contributed by atoms with Gasteiger partial charge in [0.2, 0.25) is 0 Å². The Kier molecular flexibility index (Phi) is 3.96. The molecule has 1 aliphatic heterocycles. The lowest BCUT2D eigenvalue weighted by Gasteiger charge is -2.29. The number of hydrogen-bond donors (Lipinski definition) is 0. The largest absolute Gasteiger partial charge is 0.372 e. The molecule has 1 aromatic carbocycles. The third kappa shape index (κ3) is 2.51. The minimum atomic E-state index is -0.293. The number of hydrogen-bond acceptors (Lipinski definition) is 4. The average Bonchev–Trinajstić information content (AvgIpc) is 2.65. The summed E-state index contributed by atoms with van der Waals surface area (Å²) in [4.78, 5) is 12.5. The third-order valence-electron chi connectivity index (χ3n) is 4.26. The van der Waals surface area contributed by atoms with Gasteiger partial charge < -0.3 is 9.80 Å². The maximum absolute atomic E-state index is 14.7. The summed E-state index contributed by atoms with van der Waals surface area (Å²) in [6.45, 7) is 5.49. The molecule has 0 N–H and O–H groups in total. The molecule has 0 saturated heterocycles. The molecule has 1 aromatic heterocycles. The lowest BCUT2D eigenvalue weighted by atomic mass is 10.1. The predicted octanol–water partition coefficient (Wildman–Crippen LogP) is 3.02. The minimum absolute atomic E-state index is 0.159. The summed E-state index contributed by atoms with van der Waals surface area (Å²) in [5.74, 6) is 0.114. The number of para-hydroxylation sites is 1. The average molecular weight is 300 g/mol. The molecule has 0 bridgehead atoms. The van der Waals surface area contributed by atoms with E-state index in [1.54, 1.807) is 0 Å². The highest BCUT2D eigenvalue weighted by Crippen LogP contribution is 2.30. The Balaban J connectivity index is 2.04. The van der Waals surface area contributed by atoms with Crippen LogP contribution in [-0.4, -0.2) is 29.6 Å². The molecule has 116 valence electrons. The second-order valence-corrected chi connectivity index (χ2v) is 5.80. The maximum Gasteiger partial charge on any atom is 0.187 e. The van der Waals surface area contributed by atoms with Gasteiger partial charge in [-0.15, -0.1) is 0 Å². The molecule has 2 heterocycles. The van der Waals surface area contributed by atoms with Crippen LogP contribution in [-0.2, 0) is 13.0 Å². The molecule has 2 aromatic rings. The second kappa shape index (κ2) is 5.91. The molecular formula is C17H21FN4. The Bertz CT molecular complexity index is 673. The first-order valence-electron chi connectivity index (χ1n) is 7.66. The minimum Gasteiger partial charge on any atom is -0.372 e. The van der Waals surface area contributed by atoms with Crippen molar-refractivity contribution in [1.29, 1.82) is 0 Å². The molecule has 0 amide bonds. The number of aromatic nitrogens is 2. The number of aryl methyl sites for hydroxylation is 1. The molecule has 1 aliphatic rings. The van der Waals surface area contributed by atoms with E-state index < -0.39 is 0 Å². The van der Waals surface area contributed by atoms with E-state index in [1.807, 2.05) is 24.0 Å². The first kappa shape index (κ1) is 14.8. The van der Waals surface area contributed by atoms with Gasteiger partial charge in [0.25, 0.3) is 0 Å². The van der Waals surface area contributed by atoms with Crippen LogP contribution in [0.1, 0.15) is 25.1 Å². The number of anilines is 2. The second-order valence-electron chi connectivity index (χ2n) is 5.80. The van der Waals surface area contributed by atoms with Gasteiger partial charge in [0.1, 0.15) is 6.33 Å². The van der Waals surface area contributed by atoms with Gasteiger partial charge in [-0.1, -0.05) is 25.1 Å². The van der Waals surface area contributed by atoms with E-state index in [9.17, 15) is 4.39 Å². The van der Waals surface area contributed by atoms with E-state index in [0.717, 1.165) is 6.54 Å². The van der Waals surface area contributed by atoms with Crippen LogP contribution >= 0.6 is 0 Å². The number of halogens is 1. The van der Waals surface area contributed by atoms with Gasteiger partial charge in [-0.2, -0.15) is 0 Å². The number of likely N-dealkylation sites (N-methyl/N-ethyl adjacent to an activating group) is 1. The lowest BCUT2D eigenvalue weighted by Crippen LogP contribution is -2.39. The van der Waals surface area contributed by atoms with Crippen LogP contribution < -0.4 is 9.80 Å². The molecule has 0 spiro atoms. The van der Waals surface area contributed by atoms with Crippen LogP contribution in [0.2, 0.25) is 0 Å². The van der Waals surface area contributed by atoms with Crippen molar-refractivity contribution in [2.75, 3.05) is 23.4 Å². The van der Waals surface area contributed by atoms with E-state index >= 15 is 0 Å². The molecule has 0 saturated carbocycles. The van der Waals surface area contributed by atoms with Crippen molar-refractivity contribution >= 4 is 11.5 Å². The molecule has 0 radical (unpaired) electrons.